The summed E-state index contributed by atoms with van der Waals surface area (Å²) in [6, 6.07) is 10.6. The number of ether oxygens (including phenoxy) is 7. The molecule has 0 radical (unpaired) electrons. The first-order chi connectivity index (χ1) is 53.1. The molecule has 5 amide bonds. The smallest absolute Gasteiger partial charge is 0.333 e. The van der Waals surface area contributed by atoms with Crippen molar-refractivity contribution in [3.8, 4) is 57.1 Å². The zero-order valence-electron chi connectivity index (χ0n) is 61.1. The van der Waals surface area contributed by atoms with E-state index in [1.54, 1.807) is 27.8 Å². The van der Waals surface area contributed by atoms with E-state index in [1.807, 2.05) is 13.8 Å². The fraction of sp³-hybridized carbons (Fsp3) is 0.429. The highest BCUT2D eigenvalue weighted by atomic mass is 35.5. The van der Waals surface area contributed by atoms with Gasteiger partial charge in [0, 0.05) is 72.0 Å². The third kappa shape index (κ3) is 17.8. The van der Waals surface area contributed by atoms with E-state index < -0.39 is 250 Å². The van der Waals surface area contributed by atoms with Gasteiger partial charge in [-0.05, 0) is 134 Å². The SMILES string of the molecule is CC[C@H](CC(C)C)C(=O)N[C@H]1C(=O)C[C@@H](CC(N)=O)C(=O)N[C@H]2C(=O)C[C@H]3C(=O)N[C@H](C(=O)N[C@H](C(=O)OCc4ccc([N+](=O)[O-])cc4)c4cc(O)cc(O)c4-c4cc3ccc4O)[C@H](O)c3ccc(c(Cl)c3)Oc3cc2cc(c3O[C@@H]2O[C@H](CO)[C@@H](O)[C@H](O)[C@H]2O[C@H]2C[C@](C)(NC)[C@H](O)[C@H](C)O2)Oc2ccc(cc2Cl)[C@H]1O. The number of likely N-dealkylation sites (N-methyl/N-ethyl adjacent to an activating group) is 1. The summed E-state index contributed by atoms with van der Waals surface area (Å²) in [6.45, 7) is 7.15. The van der Waals surface area contributed by atoms with Gasteiger partial charge in [0.25, 0.3) is 5.69 Å². The predicted octanol–water partition coefficient (Wildman–Crippen LogP) is 5.35. The van der Waals surface area contributed by atoms with Gasteiger partial charge < -0.3 is 111 Å². The number of esters is 1. The molecule has 0 spiro atoms. The molecule has 6 aromatic carbocycles. The number of amides is 5. The maximum absolute atomic E-state index is 16.4. The minimum absolute atomic E-state index is 0.0262. The largest absolute Gasteiger partial charge is 0.508 e. The summed E-state index contributed by atoms with van der Waals surface area (Å²) in [6.07, 6.45) is -19.6. The number of hydrogen-bond acceptors (Lipinski definition) is 27. The number of non-ortho nitro benzene ring substituents is 1. The molecule has 7 heterocycles. The number of hydrogen-bond donors (Lipinski definition) is 15. The number of carbonyl (C=O) groups is 8. The van der Waals surface area contributed by atoms with Crippen molar-refractivity contribution in [3.63, 3.8) is 0 Å². The lowest BCUT2D eigenvalue weighted by atomic mass is 9.84. The summed E-state index contributed by atoms with van der Waals surface area (Å²) < 4.78 is 44.7. The van der Waals surface area contributed by atoms with Crippen molar-refractivity contribution in [1.82, 2.24) is 26.6 Å². The molecule has 11 bridgehead atoms. The maximum atomic E-state index is 16.4. The van der Waals surface area contributed by atoms with Crippen LogP contribution in [0.4, 0.5) is 5.69 Å². The zero-order chi connectivity index (χ0) is 81.2. The molecule has 6 aromatic rings. The Balaban J connectivity index is 1.14. The fourth-order valence-electron chi connectivity index (χ4n) is 14.4. The number of Topliss-reactive ketones (excluding diaryl/α,β-unsaturated/α-hetero) is 2. The highest BCUT2D eigenvalue weighted by Gasteiger charge is 2.52. The van der Waals surface area contributed by atoms with E-state index in [1.165, 1.54) is 36.4 Å². The van der Waals surface area contributed by atoms with Gasteiger partial charge >= 0.3 is 5.97 Å². The number of nitrogens with zero attached hydrogens (tertiary/aromatic N) is 1. The molecule has 35 heteroatoms. The van der Waals surface area contributed by atoms with Crippen LogP contribution in [-0.4, -0.2) is 178 Å². The van der Waals surface area contributed by atoms with Gasteiger partial charge in [-0.15, -0.1) is 0 Å². The van der Waals surface area contributed by atoms with Gasteiger partial charge in [0.15, 0.2) is 41.5 Å². The normalized spacial score (nSPS) is 27.8. The second-order valence-electron chi connectivity index (χ2n) is 28.9. The Kier molecular flexibility index (Phi) is 25.5. The van der Waals surface area contributed by atoms with E-state index in [0.717, 1.165) is 66.7 Å². The van der Waals surface area contributed by atoms with Crippen LogP contribution in [0.3, 0.4) is 0 Å². The lowest BCUT2D eigenvalue weighted by Crippen LogP contribution is -2.65. The molecule has 2 fully saturated rings. The molecule has 0 saturated carbocycles. The molecule has 0 aromatic heterocycles. The van der Waals surface area contributed by atoms with Crippen molar-refractivity contribution < 1.29 is 122 Å². The van der Waals surface area contributed by atoms with Crippen LogP contribution < -0.4 is 46.5 Å². The van der Waals surface area contributed by atoms with Crippen molar-refractivity contribution in [2.45, 2.75) is 177 Å². The Labute approximate surface area is 649 Å². The molecule has 33 nitrogen and oxygen atoms in total. The van der Waals surface area contributed by atoms with Crippen LogP contribution in [0.1, 0.15) is 137 Å². The molecule has 7 aliphatic rings. The lowest BCUT2D eigenvalue weighted by Gasteiger charge is -2.48. The average molecular weight is 1600 g/mol. The maximum Gasteiger partial charge on any atom is 0.333 e. The number of aliphatic hydroxyl groups is 6. The summed E-state index contributed by atoms with van der Waals surface area (Å²) >= 11 is 14.3. The third-order valence-corrected chi connectivity index (χ3v) is 21.3. The molecule has 7 aliphatic heterocycles. The summed E-state index contributed by atoms with van der Waals surface area (Å²) in [5.74, 6) is -18.6. The molecule has 16 N–H and O–H groups in total. The Morgan fingerprint density at radius 2 is 1.39 bits per heavy atom. The number of nitrogens with one attached hydrogen (secondary N) is 5. The number of nitro groups is 1. The second-order valence-corrected chi connectivity index (χ2v) is 29.7. The fourth-order valence-corrected chi connectivity index (χ4v) is 14.9. The first-order valence-corrected chi connectivity index (χ1v) is 36.6. The number of primary amides is 1. The molecule has 598 valence electrons. The Morgan fingerprint density at radius 3 is 1.99 bits per heavy atom. The van der Waals surface area contributed by atoms with E-state index in [0.29, 0.717) is 6.42 Å². The van der Waals surface area contributed by atoms with Crippen molar-refractivity contribution in [2.75, 3.05) is 13.7 Å². The Bertz CT molecular complexity index is 4630. The molecule has 13 rings (SSSR count). The number of aliphatic hydroxyl groups excluding tert-OH is 6. The predicted molar refractivity (Wildman–Crippen MR) is 393 cm³/mol. The van der Waals surface area contributed by atoms with E-state index in [-0.39, 0.29) is 68.8 Å². The second kappa shape index (κ2) is 34.5. The molecule has 0 aliphatic carbocycles. The van der Waals surface area contributed by atoms with Crippen molar-refractivity contribution in [3.05, 3.63) is 157 Å². The van der Waals surface area contributed by atoms with E-state index in [2.05, 4.69) is 26.6 Å². The zero-order valence-corrected chi connectivity index (χ0v) is 62.6. The van der Waals surface area contributed by atoms with E-state index >= 15 is 24.0 Å². The number of carbonyl (C=O) groups excluding carboxylic acids is 8. The van der Waals surface area contributed by atoms with Gasteiger partial charge in [-0.2, -0.15) is 0 Å². The number of halogens is 2. The molecule has 112 heavy (non-hydrogen) atoms. The number of nitrogens with two attached hydrogens (primary N) is 1. The highest BCUT2D eigenvalue weighted by molar-refractivity contribution is 6.32. The van der Waals surface area contributed by atoms with Gasteiger partial charge in [0.05, 0.1) is 45.6 Å². The van der Waals surface area contributed by atoms with Crippen LogP contribution in [0, 0.1) is 27.9 Å². The number of benzene rings is 6. The third-order valence-electron chi connectivity index (χ3n) is 20.7. The van der Waals surface area contributed by atoms with Crippen molar-refractivity contribution in [1.29, 1.82) is 0 Å². The molecular weight excluding hydrogens is 1510 g/mol. The summed E-state index contributed by atoms with van der Waals surface area (Å²) in [5.41, 5.74) is 2.24. The topological polar surface area (TPSA) is 513 Å². The van der Waals surface area contributed by atoms with Crippen LogP contribution in [-0.2, 0) is 63.9 Å². The van der Waals surface area contributed by atoms with Gasteiger partial charge in [-0.1, -0.05) is 62.2 Å². The van der Waals surface area contributed by atoms with E-state index in [4.69, 9.17) is 62.1 Å². The molecule has 18 atom stereocenters. The van der Waals surface area contributed by atoms with Crippen LogP contribution in [0.15, 0.2) is 103 Å². The minimum atomic E-state index is -2.28. The minimum Gasteiger partial charge on any atom is -0.508 e. The van der Waals surface area contributed by atoms with Crippen molar-refractivity contribution >= 4 is 76.0 Å². The molecular formula is C77H85Cl2N7O26. The highest BCUT2D eigenvalue weighted by Crippen LogP contribution is 2.51. The number of phenols is 3. The standard InChI is InChI=1S/C77H85Cl2N7O26/c1-7-35(18-32(2)3)71(99)84-62-50(91)22-40(25-57(80)93)72(100)82-60-39-23-54(108-52-16-11-37(64(62)94)20-46(52)78)68(112-76-69(67(97)66(96)56(30-87)110-76)111-58-29-77(5,81-6)70(98)33(4)107-58)55(24-39)109-53-17-12-38(21-47(53)79)65(95)63-74(102)83-61(75(103)106-31-34-8-13-41(14-9-34)86(104)105)45-26-42(88)27-49(90)59(45)44-19-36(10-15-48(44)89)43(28-51(60)92)73(101)85-63/h8-17,19-21,23-24,26-27,32-33,35,40,43,56,58,60-67,69-70,76,81,87-90,94-98H,7,18,22,25,28-31H2,1-6H3,(H2,80,93)(H,82,100)(H,83,102)(H,84,99)(H,85,101)/t33-,35+,40-,43+,56+,58-,60+,61-,62-,63-,64+,65+,66+,67-,69+,70+,76-,77-/m0/s1. The monoisotopic (exact) mass is 1590 g/mol. The Morgan fingerprint density at radius 1 is 0.750 bits per heavy atom. The van der Waals surface area contributed by atoms with Crippen LogP contribution in [0.2, 0.25) is 10.0 Å². The average Bonchev–Trinajstić information content (AvgIpc) is 0.764. The number of aromatic hydroxyl groups is 3. The summed E-state index contributed by atoms with van der Waals surface area (Å²) in [4.78, 5) is 131. The lowest BCUT2D eigenvalue weighted by molar-refractivity contribution is -0.384. The first kappa shape index (κ1) is 82.8. The van der Waals surface area contributed by atoms with Gasteiger partial charge in [0.2, 0.25) is 41.6 Å². The molecule has 0 unspecified atom stereocenters. The van der Waals surface area contributed by atoms with Crippen LogP contribution in [0.5, 0.6) is 46.0 Å². The van der Waals surface area contributed by atoms with Gasteiger partial charge in [0.1, 0.15) is 84.0 Å². The number of rotatable bonds is 17. The number of phenolic OH excluding ortho intramolecular Hbond substituents is 3. The quantitative estimate of drug-likeness (QED) is 0.0311. The van der Waals surface area contributed by atoms with Crippen LogP contribution >= 0.6 is 23.2 Å². The van der Waals surface area contributed by atoms with Crippen molar-refractivity contribution in [2.24, 2.45) is 23.5 Å². The summed E-state index contributed by atoms with van der Waals surface area (Å²) in [7, 11) is 1.58. The first-order valence-electron chi connectivity index (χ1n) is 35.9. The van der Waals surface area contributed by atoms with Gasteiger partial charge in [-0.3, -0.25) is 43.7 Å². The Hall–Kier alpha value is -10.1. The number of ketones is 2. The van der Waals surface area contributed by atoms with E-state index in [9.17, 15) is 70.5 Å². The number of nitro benzene ring substituents is 1. The van der Waals surface area contributed by atoms with Crippen LogP contribution in [0.25, 0.3) is 11.1 Å². The van der Waals surface area contributed by atoms with Gasteiger partial charge in [-0.25, -0.2) is 4.79 Å². The number of fused-ring (bicyclic) bond motifs is 15. The molecule has 2 saturated heterocycles. The summed E-state index contributed by atoms with van der Waals surface area (Å²) in [5, 5.41) is 130.